The van der Waals surface area contributed by atoms with Gasteiger partial charge in [0.1, 0.15) is 11.6 Å². The van der Waals surface area contributed by atoms with Gasteiger partial charge in [0, 0.05) is 20.0 Å². The number of carbonyl (C=O) groups excluding carboxylic acids is 1. The zero-order valence-electron chi connectivity index (χ0n) is 13.8. The minimum absolute atomic E-state index is 0.0170. The van der Waals surface area contributed by atoms with Crippen LogP contribution in [0.15, 0.2) is 42.5 Å². The number of halogens is 1. The topological polar surface area (TPSA) is 46.9 Å². The van der Waals surface area contributed by atoms with Crippen molar-refractivity contribution in [3.63, 3.8) is 0 Å². The van der Waals surface area contributed by atoms with Crippen molar-refractivity contribution in [2.75, 3.05) is 0 Å². The predicted octanol–water partition coefficient (Wildman–Crippen LogP) is 3.27. The molecule has 0 aliphatic carbocycles. The number of hydrogen-bond acceptors (Lipinski definition) is 2. The van der Waals surface area contributed by atoms with E-state index >= 15 is 0 Å². The molecule has 1 N–H and O–H groups in total. The van der Waals surface area contributed by atoms with E-state index in [1.807, 2.05) is 36.7 Å². The number of amides is 1. The van der Waals surface area contributed by atoms with Crippen molar-refractivity contribution in [1.29, 1.82) is 0 Å². The van der Waals surface area contributed by atoms with Crippen LogP contribution in [0.1, 0.15) is 23.4 Å². The van der Waals surface area contributed by atoms with Crippen molar-refractivity contribution in [1.82, 2.24) is 14.9 Å². The van der Waals surface area contributed by atoms with Crippen molar-refractivity contribution >= 4 is 16.9 Å². The number of nitrogens with one attached hydrogen (secondary N) is 1. The molecule has 0 bridgehead atoms. The van der Waals surface area contributed by atoms with Crippen LogP contribution in [0.4, 0.5) is 4.39 Å². The molecule has 1 amide bonds. The summed E-state index contributed by atoms with van der Waals surface area (Å²) in [5.41, 5.74) is 4.00. The van der Waals surface area contributed by atoms with E-state index in [0.29, 0.717) is 19.4 Å². The van der Waals surface area contributed by atoms with Crippen LogP contribution in [0.3, 0.4) is 0 Å². The Morgan fingerprint density at radius 3 is 2.62 bits per heavy atom. The smallest absolute Gasteiger partial charge is 0.220 e. The number of nitrogens with zero attached hydrogens (tertiary/aromatic N) is 2. The molecule has 24 heavy (non-hydrogen) atoms. The zero-order chi connectivity index (χ0) is 17.1. The SMILES string of the molecule is Cc1nc2cc(CNC(=O)CCc3ccc(F)cc3)ccc2n1C. The van der Waals surface area contributed by atoms with E-state index in [1.54, 1.807) is 12.1 Å². The number of hydrogen-bond donors (Lipinski definition) is 1. The van der Waals surface area contributed by atoms with E-state index in [-0.39, 0.29) is 11.7 Å². The zero-order valence-corrected chi connectivity index (χ0v) is 13.8. The highest BCUT2D eigenvalue weighted by atomic mass is 19.1. The molecule has 4 nitrogen and oxygen atoms in total. The minimum atomic E-state index is -0.261. The maximum atomic E-state index is 12.8. The molecule has 0 saturated heterocycles. The fraction of sp³-hybridized carbons (Fsp3) is 0.263. The van der Waals surface area contributed by atoms with E-state index in [4.69, 9.17) is 0 Å². The van der Waals surface area contributed by atoms with Crippen molar-refractivity contribution in [2.24, 2.45) is 7.05 Å². The molecule has 0 atom stereocenters. The Bertz CT molecular complexity index is 868. The van der Waals surface area contributed by atoms with E-state index in [0.717, 1.165) is 28.0 Å². The summed E-state index contributed by atoms with van der Waals surface area (Å²) in [6.07, 6.45) is 0.987. The lowest BCUT2D eigenvalue weighted by Gasteiger charge is -2.06. The number of carbonyl (C=O) groups is 1. The van der Waals surface area contributed by atoms with Crippen LogP contribution < -0.4 is 5.32 Å². The lowest BCUT2D eigenvalue weighted by atomic mass is 10.1. The summed E-state index contributed by atoms with van der Waals surface area (Å²) in [4.78, 5) is 16.5. The molecule has 1 aromatic heterocycles. The van der Waals surface area contributed by atoms with Gasteiger partial charge in [0.15, 0.2) is 0 Å². The Hall–Kier alpha value is -2.69. The third kappa shape index (κ3) is 3.62. The molecule has 1 heterocycles. The van der Waals surface area contributed by atoms with E-state index < -0.39 is 0 Å². The molecule has 0 saturated carbocycles. The first-order valence-corrected chi connectivity index (χ1v) is 7.96. The molecule has 0 spiro atoms. The molecular weight excluding hydrogens is 305 g/mol. The van der Waals surface area contributed by atoms with Gasteiger partial charge in [-0.25, -0.2) is 9.37 Å². The standard InChI is InChI=1S/C19H20FN3O/c1-13-22-17-11-15(5-9-18(17)23(13)2)12-21-19(24)10-6-14-3-7-16(20)8-4-14/h3-5,7-9,11H,6,10,12H2,1-2H3,(H,21,24). The fourth-order valence-corrected chi connectivity index (χ4v) is 2.67. The average molecular weight is 325 g/mol. The second kappa shape index (κ2) is 6.83. The van der Waals surface area contributed by atoms with Gasteiger partial charge in [-0.05, 0) is 48.7 Å². The lowest BCUT2D eigenvalue weighted by Crippen LogP contribution is -2.22. The molecule has 0 unspecified atom stereocenters. The van der Waals surface area contributed by atoms with Gasteiger partial charge in [-0.1, -0.05) is 18.2 Å². The van der Waals surface area contributed by atoms with Crippen LogP contribution in [0.2, 0.25) is 0 Å². The molecule has 2 aromatic carbocycles. The monoisotopic (exact) mass is 325 g/mol. The summed E-state index contributed by atoms with van der Waals surface area (Å²) in [7, 11) is 1.99. The van der Waals surface area contributed by atoms with Crippen LogP contribution in [0, 0.1) is 12.7 Å². The average Bonchev–Trinajstić information content (AvgIpc) is 2.86. The third-order valence-corrected chi connectivity index (χ3v) is 4.21. The van der Waals surface area contributed by atoms with Crippen LogP contribution in [0.5, 0.6) is 0 Å². The van der Waals surface area contributed by atoms with Crippen molar-refractivity contribution < 1.29 is 9.18 Å². The van der Waals surface area contributed by atoms with Gasteiger partial charge >= 0.3 is 0 Å². The number of rotatable bonds is 5. The van der Waals surface area contributed by atoms with Crippen LogP contribution in [-0.2, 0) is 24.8 Å². The predicted molar refractivity (Wildman–Crippen MR) is 92.0 cm³/mol. The Balaban J connectivity index is 1.55. The second-order valence-corrected chi connectivity index (χ2v) is 5.94. The fourth-order valence-electron chi connectivity index (χ4n) is 2.67. The lowest BCUT2D eigenvalue weighted by molar-refractivity contribution is -0.121. The molecule has 3 aromatic rings. The van der Waals surface area contributed by atoms with E-state index in [9.17, 15) is 9.18 Å². The van der Waals surface area contributed by atoms with Crippen LogP contribution in [-0.4, -0.2) is 15.5 Å². The van der Waals surface area contributed by atoms with Crippen molar-refractivity contribution in [3.8, 4) is 0 Å². The number of imidazole rings is 1. The number of aryl methyl sites for hydroxylation is 3. The Labute approximate surface area is 140 Å². The van der Waals surface area contributed by atoms with Gasteiger partial charge in [0.05, 0.1) is 11.0 Å². The van der Waals surface area contributed by atoms with Gasteiger partial charge in [0.2, 0.25) is 5.91 Å². The quantitative estimate of drug-likeness (QED) is 0.782. The van der Waals surface area contributed by atoms with E-state index in [2.05, 4.69) is 10.3 Å². The summed E-state index contributed by atoms with van der Waals surface area (Å²) in [6.45, 7) is 2.45. The van der Waals surface area contributed by atoms with Crippen molar-refractivity contribution in [2.45, 2.75) is 26.3 Å². The first-order valence-electron chi connectivity index (χ1n) is 7.96. The molecule has 0 radical (unpaired) electrons. The number of benzene rings is 2. The third-order valence-electron chi connectivity index (χ3n) is 4.21. The van der Waals surface area contributed by atoms with Gasteiger partial charge in [-0.3, -0.25) is 4.79 Å². The molecule has 0 aliphatic heterocycles. The van der Waals surface area contributed by atoms with Crippen LogP contribution >= 0.6 is 0 Å². The molecular formula is C19H20FN3O. The van der Waals surface area contributed by atoms with Crippen LogP contribution in [0.25, 0.3) is 11.0 Å². The summed E-state index contributed by atoms with van der Waals surface area (Å²) in [5.74, 6) is 0.686. The molecule has 124 valence electrons. The molecule has 0 aliphatic rings. The normalized spacial score (nSPS) is 11.0. The Morgan fingerprint density at radius 2 is 1.88 bits per heavy atom. The summed E-state index contributed by atoms with van der Waals surface area (Å²) in [6, 6.07) is 12.3. The first kappa shape index (κ1) is 16.2. The van der Waals surface area contributed by atoms with Gasteiger partial charge < -0.3 is 9.88 Å². The van der Waals surface area contributed by atoms with E-state index in [1.165, 1.54) is 12.1 Å². The summed E-state index contributed by atoms with van der Waals surface area (Å²) < 4.78 is 14.9. The second-order valence-electron chi connectivity index (χ2n) is 5.94. The molecule has 5 heteroatoms. The summed E-state index contributed by atoms with van der Waals surface area (Å²) in [5, 5.41) is 2.92. The highest BCUT2D eigenvalue weighted by molar-refractivity contribution is 5.78. The van der Waals surface area contributed by atoms with Gasteiger partial charge in [0.25, 0.3) is 0 Å². The molecule has 3 rings (SSSR count). The van der Waals surface area contributed by atoms with Gasteiger partial charge in [-0.15, -0.1) is 0 Å². The first-order chi connectivity index (χ1) is 11.5. The Morgan fingerprint density at radius 1 is 1.17 bits per heavy atom. The number of fused-ring (bicyclic) bond motifs is 1. The highest BCUT2D eigenvalue weighted by Crippen LogP contribution is 2.16. The highest BCUT2D eigenvalue weighted by Gasteiger charge is 2.06. The Kier molecular flexibility index (Phi) is 4.60. The van der Waals surface area contributed by atoms with Gasteiger partial charge in [-0.2, -0.15) is 0 Å². The van der Waals surface area contributed by atoms with Crippen molar-refractivity contribution in [3.05, 3.63) is 65.2 Å². The summed E-state index contributed by atoms with van der Waals surface area (Å²) >= 11 is 0. The maximum Gasteiger partial charge on any atom is 0.220 e. The minimum Gasteiger partial charge on any atom is -0.352 e. The maximum absolute atomic E-state index is 12.8. The molecule has 0 fully saturated rings. The largest absolute Gasteiger partial charge is 0.352 e. The number of aromatic nitrogens is 2.